The van der Waals surface area contributed by atoms with E-state index < -0.39 is 35.7 Å². The van der Waals surface area contributed by atoms with Crippen LogP contribution in [0.15, 0.2) is 48.5 Å². The summed E-state index contributed by atoms with van der Waals surface area (Å²) in [4.78, 5) is 35.8. The maximum absolute atomic E-state index is 13.9. The van der Waals surface area contributed by atoms with Gasteiger partial charge in [-0.1, -0.05) is 30.3 Å². The van der Waals surface area contributed by atoms with Crippen molar-refractivity contribution in [2.24, 2.45) is 0 Å². The van der Waals surface area contributed by atoms with Crippen LogP contribution in [0, 0.1) is 9.39 Å². The number of hydrogen-bond acceptors (Lipinski definition) is 3. The van der Waals surface area contributed by atoms with Crippen molar-refractivity contribution in [1.29, 1.82) is 0 Å². The number of hydrogen-bond donors (Lipinski definition) is 3. The molecule has 0 saturated carbocycles. The first-order chi connectivity index (χ1) is 13.3. The monoisotopic (exact) mass is 498 g/mol. The van der Waals surface area contributed by atoms with Crippen molar-refractivity contribution in [3.8, 4) is 0 Å². The Labute approximate surface area is 175 Å². The molecule has 2 rings (SSSR count). The van der Waals surface area contributed by atoms with Gasteiger partial charge in [-0.2, -0.15) is 0 Å². The molecule has 0 heterocycles. The number of carboxylic acid groups (broad SMARTS) is 1. The third-order valence-corrected chi connectivity index (χ3v) is 4.69. The van der Waals surface area contributed by atoms with Crippen LogP contribution in [0.1, 0.15) is 18.1 Å². The van der Waals surface area contributed by atoms with Gasteiger partial charge < -0.3 is 15.7 Å². The predicted molar refractivity (Wildman–Crippen MR) is 110 cm³/mol. The van der Waals surface area contributed by atoms with Crippen molar-refractivity contribution < 1.29 is 23.9 Å². The summed E-state index contributed by atoms with van der Waals surface area (Å²) in [7, 11) is 0. The second kappa shape index (κ2) is 10.2. The fourth-order valence-corrected chi connectivity index (χ4v) is 3.32. The molecule has 2 aromatic carbocycles. The van der Waals surface area contributed by atoms with Crippen molar-refractivity contribution in [2.75, 3.05) is 0 Å². The molecular weight excluding hydrogens is 478 g/mol. The first-order valence-corrected chi connectivity index (χ1v) is 9.62. The highest BCUT2D eigenvalue weighted by molar-refractivity contribution is 14.1. The summed E-state index contributed by atoms with van der Waals surface area (Å²) in [6.45, 7) is 1.24. The molecular formula is C20H20FIN2O4. The van der Waals surface area contributed by atoms with Gasteiger partial charge in [0, 0.05) is 23.3 Å². The minimum atomic E-state index is -1.19. The smallest absolute Gasteiger partial charge is 0.326 e. The van der Waals surface area contributed by atoms with Gasteiger partial charge >= 0.3 is 5.97 Å². The number of carbonyl (C=O) groups excluding carboxylic acids is 2. The summed E-state index contributed by atoms with van der Waals surface area (Å²) in [5, 5.41) is 14.4. The van der Waals surface area contributed by atoms with Crippen molar-refractivity contribution in [3.05, 3.63) is 69.0 Å². The zero-order valence-electron chi connectivity index (χ0n) is 15.1. The first kappa shape index (κ1) is 21.8. The molecule has 0 aliphatic rings. The highest BCUT2D eigenvalue weighted by atomic mass is 127. The van der Waals surface area contributed by atoms with E-state index in [9.17, 15) is 23.9 Å². The van der Waals surface area contributed by atoms with Gasteiger partial charge in [0.25, 0.3) is 0 Å². The van der Waals surface area contributed by atoms with Crippen LogP contribution < -0.4 is 10.6 Å². The minimum Gasteiger partial charge on any atom is -0.480 e. The Morgan fingerprint density at radius 1 is 1.04 bits per heavy atom. The molecule has 2 atom stereocenters. The molecule has 0 aliphatic carbocycles. The summed E-state index contributed by atoms with van der Waals surface area (Å²) in [6.07, 6.45) is -0.00192. The third kappa shape index (κ3) is 6.59. The van der Waals surface area contributed by atoms with E-state index in [0.29, 0.717) is 0 Å². The lowest BCUT2D eigenvalue weighted by atomic mass is 10.0. The lowest BCUT2D eigenvalue weighted by Crippen LogP contribution is -2.52. The van der Waals surface area contributed by atoms with Gasteiger partial charge in [0.05, 0.1) is 0 Å². The average Bonchev–Trinajstić information content (AvgIpc) is 2.62. The molecule has 0 bridgehead atoms. The molecule has 8 heteroatoms. The van der Waals surface area contributed by atoms with Crippen LogP contribution in [-0.4, -0.2) is 35.0 Å². The quantitative estimate of drug-likeness (QED) is 0.487. The molecule has 0 radical (unpaired) electrons. The summed E-state index contributed by atoms with van der Waals surface area (Å²) >= 11 is 2.12. The van der Waals surface area contributed by atoms with Crippen molar-refractivity contribution in [3.63, 3.8) is 0 Å². The zero-order chi connectivity index (χ0) is 20.7. The summed E-state index contributed by atoms with van der Waals surface area (Å²) in [5.41, 5.74) is 1.01. The van der Waals surface area contributed by atoms with Gasteiger partial charge in [0.1, 0.15) is 17.9 Å². The molecule has 3 N–H and O–H groups in total. The van der Waals surface area contributed by atoms with Crippen LogP contribution in [-0.2, 0) is 27.2 Å². The van der Waals surface area contributed by atoms with E-state index in [0.717, 1.165) is 9.13 Å². The molecule has 0 saturated heterocycles. The summed E-state index contributed by atoms with van der Waals surface area (Å²) in [5.74, 6) is -2.85. The second-order valence-electron chi connectivity index (χ2n) is 6.28. The fourth-order valence-electron chi connectivity index (χ4n) is 2.71. The van der Waals surface area contributed by atoms with Crippen LogP contribution in [0.5, 0.6) is 0 Å². The maximum atomic E-state index is 13.9. The van der Waals surface area contributed by atoms with Crippen molar-refractivity contribution in [1.82, 2.24) is 10.6 Å². The molecule has 0 aliphatic heterocycles. The van der Waals surface area contributed by atoms with Crippen molar-refractivity contribution in [2.45, 2.75) is 31.8 Å². The number of aliphatic carboxylic acids is 1. The highest BCUT2D eigenvalue weighted by Crippen LogP contribution is 2.12. The van der Waals surface area contributed by atoms with Gasteiger partial charge in [0.15, 0.2) is 0 Å². The lowest BCUT2D eigenvalue weighted by Gasteiger charge is -2.21. The number of halogens is 2. The Kier molecular flexibility index (Phi) is 7.91. The van der Waals surface area contributed by atoms with Crippen LogP contribution in [0.3, 0.4) is 0 Å². The van der Waals surface area contributed by atoms with E-state index in [2.05, 4.69) is 33.2 Å². The number of benzene rings is 2. The van der Waals surface area contributed by atoms with E-state index in [-0.39, 0.29) is 18.4 Å². The molecule has 0 spiro atoms. The maximum Gasteiger partial charge on any atom is 0.326 e. The normalized spacial score (nSPS) is 12.7. The van der Waals surface area contributed by atoms with Gasteiger partial charge in [0.2, 0.25) is 11.8 Å². The summed E-state index contributed by atoms with van der Waals surface area (Å²) < 4.78 is 14.9. The first-order valence-electron chi connectivity index (χ1n) is 8.54. The van der Waals surface area contributed by atoms with Crippen LogP contribution in [0.25, 0.3) is 0 Å². The Morgan fingerprint density at radius 3 is 2.36 bits per heavy atom. The minimum absolute atomic E-state index is 0.0877. The lowest BCUT2D eigenvalue weighted by molar-refractivity contribution is -0.142. The number of rotatable bonds is 8. The largest absolute Gasteiger partial charge is 0.480 e. The molecule has 0 aromatic heterocycles. The zero-order valence-corrected chi connectivity index (χ0v) is 17.3. The molecule has 0 unspecified atom stereocenters. The standard InChI is InChI=1S/C20H20FIN2O4/c1-12(25)23-17(11-14-6-2-3-8-16(14)21)19(26)24-18(20(27)28)10-13-5-4-7-15(22)9-13/h2-9,17-18H,10-11H2,1H3,(H,23,25)(H,24,26)(H,27,28)/t17-,18+/m1/s1. The molecule has 28 heavy (non-hydrogen) atoms. The number of carboxylic acids is 1. The Hall–Kier alpha value is -2.49. The molecule has 2 aromatic rings. The molecule has 6 nitrogen and oxygen atoms in total. The molecule has 0 fully saturated rings. The van der Waals surface area contributed by atoms with Gasteiger partial charge in [-0.15, -0.1) is 0 Å². The molecule has 148 valence electrons. The average molecular weight is 498 g/mol. The van der Waals surface area contributed by atoms with E-state index in [1.54, 1.807) is 18.2 Å². The van der Waals surface area contributed by atoms with Gasteiger partial charge in [-0.3, -0.25) is 9.59 Å². The highest BCUT2D eigenvalue weighted by Gasteiger charge is 2.27. The number of amides is 2. The summed E-state index contributed by atoms with van der Waals surface area (Å²) in [6, 6.07) is 10.9. The number of nitrogens with one attached hydrogen (secondary N) is 2. The van der Waals surface area contributed by atoms with E-state index in [1.807, 2.05) is 12.1 Å². The van der Waals surface area contributed by atoms with Gasteiger partial charge in [-0.25, -0.2) is 9.18 Å². The topological polar surface area (TPSA) is 95.5 Å². The Balaban J connectivity index is 2.15. The van der Waals surface area contributed by atoms with Crippen molar-refractivity contribution >= 4 is 40.4 Å². The van der Waals surface area contributed by atoms with E-state index in [4.69, 9.17) is 0 Å². The van der Waals surface area contributed by atoms with Crippen LogP contribution in [0.2, 0.25) is 0 Å². The van der Waals surface area contributed by atoms with E-state index >= 15 is 0 Å². The van der Waals surface area contributed by atoms with Gasteiger partial charge in [-0.05, 0) is 51.9 Å². The fraction of sp³-hybridized carbons (Fsp3) is 0.250. The number of carbonyl (C=O) groups is 3. The van der Waals surface area contributed by atoms with Crippen LogP contribution in [0.4, 0.5) is 4.39 Å². The third-order valence-electron chi connectivity index (χ3n) is 4.02. The Morgan fingerprint density at radius 2 is 1.75 bits per heavy atom. The SMILES string of the molecule is CC(=O)N[C@H](Cc1ccccc1F)C(=O)N[C@@H](Cc1cccc(I)c1)C(=O)O. The Bertz CT molecular complexity index is 875. The second-order valence-corrected chi connectivity index (χ2v) is 7.53. The predicted octanol–water partition coefficient (Wildman–Crippen LogP) is 2.29. The van der Waals surface area contributed by atoms with Crippen LogP contribution >= 0.6 is 22.6 Å². The van der Waals surface area contributed by atoms with E-state index in [1.165, 1.54) is 25.1 Å². The molecule has 2 amide bonds.